The van der Waals surface area contributed by atoms with Crippen LogP contribution < -0.4 is 5.32 Å². The van der Waals surface area contributed by atoms with E-state index in [2.05, 4.69) is 10.4 Å². The smallest absolute Gasteiger partial charge is 0.256 e. The van der Waals surface area contributed by atoms with E-state index in [1.165, 1.54) is 5.56 Å². The molecule has 0 fully saturated rings. The van der Waals surface area contributed by atoms with E-state index in [1.54, 1.807) is 18.5 Å². The third-order valence-corrected chi connectivity index (χ3v) is 3.69. The van der Waals surface area contributed by atoms with Crippen LogP contribution in [0.15, 0.2) is 24.3 Å². The second kappa shape index (κ2) is 6.94. The van der Waals surface area contributed by atoms with Crippen molar-refractivity contribution in [2.75, 3.05) is 6.54 Å². The molecular formula is C16H20ClN3O2. The number of carbonyl (C=O) groups excluding carboxylic acids is 1. The van der Waals surface area contributed by atoms with Crippen LogP contribution in [0.3, 0.4) is 0 Å². The molecule has 118 valence electrons. The molecular weight excluding hydrogens is 302 g/mol. The SMILES string of the molecule is Cc1ccc(Cn2nc(C)c(C(=O)NCC(C)O)c2Cl)cc1. The molecule has 0 saturated heterocycles. The number of rotatable bonds is 5. The Kier molecular flexibility index (Phi) is 5.21. The number of hydrogen-bond donors (Lipinski definition) is 2. The Labute approximate surface area is 134 Å². The number of carbonyl (C=O) groups is 1. The lowest BCUT2D eigenvalue weighted by molar-refractivity contribution is 0.0923. The van der Waals surface area contributed by atoms with E-state index in [4.69, 9.17) is 11.6 Å². The van der Waals surface area contributed by atoms with Gasteiger partial charge in [-0.1, -0.05) is 41.4 Å². The molecule has 2 rings (SSSR count). The number of aromatic nitrogens is 2. The first-order valence-corrected chi connectivity index (χ1v) is 7.51. The molecule has 0 aliphatic heterocycles. The molecule has 6 heteroatoms. The zero-order valence-corrected chi connectivity index (χ0v) is 13.7. The number of aryl methyl sites for hydroxylation is 2. The maximum atomic E-state index is 12.1. The van der Waals surface area contributed by atoms with Crippen molar-refractivity contribution in [3.8, 4) is 0 Å². The standard InChI is InChI=1S/C16H20ClN3O2/c1-10-4-6-13(7-5-10)9-20-15(17)14(12(3)19-20)16(22)18-8-11(2)21/h4-7,11,21H,8-9H2,1-3H3,(H,18,22). The monoisotopic (exact) mass is 321 g/mol. The minimum atomic E-state index is -0.606. The first-order valence-electron chi connectivity index (χ1n) is 7.13. The highest BCUT2D eigenvalue weighted by Gasteiger charge is 2.20. The number of halogens is 1. The molecule has 0 saturated carbocycles. The summed E-state index contributed by atoms with van der Waals surface area (Å²) in [6.45, 7) is 6.06. The van der Waals surface area contributed by atoms with Gasteiger partial charge in [-0.25, -0.2) is 4.68 Å². The Hall–Kier alpha value is -1.85. The minimum absolute atomic E-state index is 0.178. The quantitative estimate of drug-likeness (QED) is 0.888. The van der Waals surface area contributed by atoms with Gasteiger partial charge in [-0.2, -0.15) is 5.10 Å². The molecule has 0 spiro atoms. The van der Waals surface area contributed by atoms with Crippen LogP contribution in [0, 0.1) is 13.8 Å². The van der Waals surface area contributed by atoms with Gasteiger partial charge in [0.1, 0.15) is 5.15 Å². The van der Waals surface area contributed by atoms with E-state index in [0.29, 0.717) is 23.0 Å². The van der Waals surface area contributed by atoms with Gasteiger partial charge in [0.2, 0.25) is 0 Å². The highest BCUT2D eigenvalue weighted by molar-refractivity contribution is 6.33. The summed E-state index contributed by atoms with van der Waals surface area (Å²) in [5.74, 6) is -0.321. The fraction of sp³-hybridized carbons (Fsp3) is 0.375. The van der Waals surface area contributed by atoms with Crippen molar-refractivity contribution in [2.45, 2.75) is 33.4 Å². The number of nitrogens with zero attached hydrogens (tertiary/aromatic N) is 2. The summed E-state index contributed by atoms with van der Waals surface area (Å²) in [5.41, 5.74) is 3.17. The Balaban J connectivity index is 2.19. The van der Waals surface area contributed by atoms with Gasteiger partial charge < -0.3 is 10.4 Å². The van der Waals surface area contributed by atoms with Gasteiger partial charge in [0.05, 0.1) is 23.9 Å². The van der Waals surface area contributed by atoms with Gasteiger partial charge in [-0.3, -0.25) is 4.79 Å². The Morgan fingerprint density at radius 2 is 2.00 bits per heavy atom. The highest BCUT2D eigenvalue weighted by Crippen LogP contribution is 2.21. The fourth-order valence-electron chi connectivity index (χ4n) is 2.11. The van der Waals surface area contributed by atoms with Gasteiger partial charge in [-0.05, 0) is 26.3 Å². The van der Waals surface area contributed by atoms with Gasteiger partial charge in [-0.15, -0.1) is 0 Å². The first-order chi connectivity index (χ1) is 10.4. The minimum Gasteiger partial charge on any atom is -0.392 e. The van der Waals surface area contributed by atoms with Crippen molar-refractivity contribution in [1.29, 1.82) is 0 Å². The highest BCUT2D eigenvalue weighted by atomic mass is 35.5. The van der Waals surface area contributed by atoms with Crippen LogP contribution in [0.2, 0.25) is 5.15 Å². The Morgan fingerprint density at radius 3 is 2.59 bits per heavy atom. The van der Waals surface area contributed by atoms with Crippen LogP contribution in [-0.2, 0) is 6.54 Å². The molecule has 1 aromatic heterocycles. The third-order valence-electron chi connectivity index (χ3n) is 3.30. The van der Waals surface area contributed by atoms with Gasteiger partial charge in [0, 0.05) is 6.54 Å². The predicted molar refractivity (Wildman–Crippen MR) is 86.3 cm³/mol. The van der Waals surface area contributed by atoms with E-state index in [1.807, 2.05) is 31.2 Å². The van der Waals surface area contributed by atoms with Crippen molar-refractivity contribution in [3.63, 3.8) is 0 Å². The zero-order valence-electron chi connectivity index (χ0n) is 12.9. The number of nitrogens with one attached hydrogen (secondary N) is 1. The molecule has 22 heavy (non-hydrogen) atoms. The van der Waals surface area contributed by atoms with Crippen molar-refractivity contribution < 1.29 is 9.90 Å². The van der Waals surface area contributed by atoms with Crippen LogP contribution >= 0.6 is 11.6 Å². The van der Waals surface area contributed by atoms with Crippen molar-refractivity contribution in [2.24, 2.45) is 0 Å². The number of aliphatic hydroxyl groups excluding tert-OH is 1. The fourth-order valence-corrected chi connectivity index (χ4v) is 2.43. The lowest BCUT2D eigenvalue weighted by Crippen LogP contribution is -2.30. The van der Waals surface area contributed by atoms with Crippen molar-refractivity contribution >= 4 is 17.5 Å². The average Bonchev–Trinajstić information content (AvgIpc) is 2.73. The maximum absolute atomic E-state index is 12.1. The number of benzene rings is 1. The topological polar surface area (TPSA) is 67.2 Å². The summed E-state index contributed by atoms with van der Waals surface area (Å²) in [4.78, 5) is 12.1. The molecule has 5 nitrogen and oxygen atoms in total. The molecule has 1 heterocycles. The summed E-state index contributed by atoms with van der Waals surface area (Å²) in [6.07, 6.45) is -0.606. The van der Waals surface area contributed by atoms with Crippen LogP contribution in [0.1, 0.15) is 34.1 Å². The normalized spacial score (nSPS) is 12.2. The molecule has 1 amide bonds. The molecule has 1 unspecified atom stereocenters. The van der Waals surface area contributed by atoms with E-state index in [-0.39, 0.29) is 12.5 Å². The molecule has 1 atom stereocenters. The molecule has 0 aliphatic rings. The zero-order chi connectivity index (χ0) is 16.3. The summed E-state index contributed by atoms with van der Waals surface area (Å²) in [7, 11) is 0. The second-order valence-corrected chi connectivity index (χ2v) is 5.81. The molecule has 0 aliphatic carbocycles. The summed E-state index contributed by atoms with van der Waals surface area (Å²) >= 11 is 6.30. The molecule has 2 N–H and O–H groups in total. The van der Waals surface area contributed by atoms with Crippen LogP contribution in [0.25, 0.3) is 0 Å². The largest absolute Gasteiger partial charge is 0.392 e. The summed E-state index contributed by atoms with van der Waals surface area (Å²) < 4.78 is 1.61. The average molecular weight is 322 g/mol. The van der Waals surface area contributed by atoms with Crippen LogP contribution in [0.4, 0.5) is 0 Å². The van der Waals surface area contributed by atoms with E-state index in [0.717, 1.165) is 5.56 Å². The lowest BCUT2D eigenvalue weighted by atomic mass is 10.1. The third kappa shape index (κ3) is 3.87. The van der Waals surface area contributed by atoms with Gasteiger partial charge in [0.15, 0.2) is 0 Å². The second-order valence-electron chi connectivity index (χ2n) is 5.45. The predicted octanol–water partition coefficient (Wildman–Crippen LogP) is 2.31. The molecule has 0 radical (unpaired) electrons. The number of amides is 1. The van der Waals surface area contributed by atoms with Crippen molar-refractivity contribution in [1.82, 2.24) is 15.1 Å². The van der Waals surface area contributed by atoms with E-state index in [9.17, 15) is 9.90 Å². The summed E-state index contributed by atoms with van der Waals surface area (Å²) in [5, 5.41) is 16.5. The first kappa shape index (κ1) is 16.5. The van der Waals surface area contributed by atoms with Crippen molar-refractivity contribution in [3.05, 3.63) is 51.8 Å². The molecule has 0 bridgehead atoms. The Morgan fingerprint density at radius 1 is 1.36 bits per heavy atom. The van der Waals surface area contributed by atoms with Gasteiger partial charge in [0.25, 0.3) is 5.91 Å². The van der Waals surface area contributed by atoms with E-state index < -0.39 is 6.10 Å². The van der Waals surface area contributed by atoms with Crippen LogP contribution in [-0.4, -0.2) is 33.4 Å². The van der Waals surface area contributed by atoms with E-state index >= 15 is 0 Å². The molecule has 2 aromatic rings. The maximum Gasteiger partial charge on any atom is 0.256 e. The van der Waals surface area contributed by atoms with Crippen LogP contribution in [0.5, 0.6) is 0 Å². The van der Waals surface area contributed by atoms with Gasteiger partial charge >= 0.3 is 0 Å². The lowest BCUT2D eigenvalue weighted by Gasteiger charge is -2.07. The number of aliphatic hydroxyl groups is 1. The summed E-state index contributed by atoms with van der Waals surface area (Å²) in [6, 6.07) is 8.07. The Bertz CT molecular complexity index is 663. The molecule has 1 aromatic carbocycles. The number of hydrogen-bond acceptors (Lipinski definition) is 3.